The minimum atomic E-state index is -0.450. The molecule has 23 heavy (non-hydrogen) atoms. The number of nitrogens with one attached hydrogen (secondary N) is 2. The van der Waals surface area contributed by atoms with Crippen LogP contribution in [0.4, 0.5) is 11.5 Å². The number of anilines is 2. The Balaban J connectivity index is 2.11. The first kappa shape index (κ1) is 17.1. The molecule has 6 nitrogen and oxygen atoms in total. The van der Waals surface area contributed by atoms with Crippen molar-refractivity contribution in [1.82, 2.24) is 9.97 Å². The number of hydrogen-bond donors (Lipinski definition) is 3. The van der Waals surface area contributed by atoms with E-state index in [2.05, 4.69) is 29.1 Å². The SMILES string of the molecule is CC(C)CCSc1nc(N)c(NC(=O)c2ccccc2)c(=O)[nH]1. The van der Waals surface area contributed by atoms with E-state index in [0.717, 1.165) is 12.2 Å². The Hall–Kier alpha value is -2.28. The smallest absolute Gasteiger partial charge is 0.277 e. The number of rotatable bonds is 6. The largest absolute Gasteiger partial charge is 0.382 e. The Kier molecular flexibility index (Phi) is 5.81. The molecule has 0 bridgehead atoms. The summed E-state index contributed by atoms with van der Waals surface area (Å²) in [5, 5.41) is 2.98. The zero-order chi connectivity index (χ0) is 16.8. The molecular formula is C16H20N4O2S. The van der Waals surface area contributed by atoms with E-state index in [1.807, 2.05) is 6.07 Å². The molecule has 0 aliphatic heterocycles. The Bertz CT molecular complexity index is 729. The Morgan fingerprint density at radius 1 is 1.35 bits per heavy atom. The highest BCUT2D eigenvalue weighted by Gasteiger charge is 2.13. The monoisotopic (exact) mass is 332 g/mol. The van der Waals surface area contributed by atoms with Gasteiger partial charge >= 0.3 is 0 Å². The second-order valence-electron chi connectivity index (χ2n) is 5.48. The first-order valence-corrected chi connectivity index (χ1v) is 8.35. The summed E-state index contributed by atoms with van der Waals surface area (Å²) in [6.07, 6.45) is 1.01. The number of carbonyl (C=O) groups excluding carboxylic acids is 1. The lowest BCUT2D eigenvalue weighted by molar-refractivity contribution is 0.102. The van der Waals surface area contributed by atoms with Crippen LogP contribution in [-0.2, 0) is 0 Å². The number of hydrogen-bond acceptors (Lipinski definition) is 5. The number of aromatic amines is 1. The third-order valence-electron chi connectivity index (χ3n) is 3.13. The van der Waals surface area contributed by atoms with E-state index in [0.29, 0.717) is 16.6 Å². The van der Waals surface area contributed by atoms with Crippen LogP contribution in [0, 0.1) is 5.92 Å². The number of carbonyl (C=O) groups is 1. The van der Waals surface area contributed by atoms with E-state index in [1.54, 1.807) is 24.3 Å². The van der Waals surface area contributed by atoms with Gasteiger partial charge in [-0.25, -0.2) is 4.98 Å². The molecule has 0 atom stereocenters. The van der Waals surface area contributed by atoms with Crippen molar-refractivity contribution < 1.29 is 4.79 Å². The molecule has 4 N–H and O–H groups in total. The number of H-pyrrole nitrogens is 1. The van der Waals surface area contributed by atoms with Crippen molar-refractivity contribution in [3.8, 4) is 0 Å². The topological polar surface area (TPSA) is 101 Å². The molecule has 2 aromatic rings. The number of nitrogens with zero attached hydrogens (tertiary/aromatic N) is 1. The average Bonchev–Trinajstić information content (AvgIpc) is 2.51. The molecule has 1 aromatic carbocycles. The summed E-state index contributed by atoms with van der Waals surface area (Å²) < 4.78 is 0. The molecule has 1 amide bonds. The van der Waals surface area contributed by atoms with Crippen LogP contribution in [0.3, 0.4) is 0 Å². The average molecular weight is 332 g/mol. The molecule has 0 aliphatic rings. The molecule has 0 aliphatic carbocycles. The second-order valence-corrected chi connectivity index (χ2v) is 6.57. The second kappa shape index (κ2) is 7.82. The molecular weight excluding hydrogens is 312 g/mol. The van der Waals surface area contributed by atoms with Gasteiger partial charge in [-0.15, -0.1) is 0 Å². The van der Waals surface area contributed by atoms with Crippen molar-refractivity contribution in [1.29, 1.82) is 0 Å². The number of nitrogen functional groups attached to an aromatic ring is 1. The standard InChI is InChI=1S/C16H20N4O2S/c1-10(2)8-9-23-16-19-13(17)12(15(22)20-16)18-14(21)11-6-4-3-5-7-11/h3-7,10H,8-9H2,1-2H3,(H,18,21)(H3,17,19,20,22). The van der Waals surface area contributed by atoms with Crippen molar-refractivity contribution in [2.24, 2.45) is 5.92 Å². The van der Waals surface area contributed by atoms with Gasteiger partial charge in [0.05, 0.1) is 0 Å². The van der Waals surface area contributed by atoms with Crippen LogP contribution in [0.1, 0.15) is 30.6 Å². The van der Waals surface area contributed by atoms with Crippen LogP contribution >= 0.6 is 11.8 Å². The molecule has 0 fully saturated rings. The highest BCUT2D eigenvalue weighted by atomic mass is 32.2. The number of amides is 1. The van der Waals surface area contributed by atoms with Crippen LogP contribution < -0.4 is 16.6 Å². The van der Waals surface area contributed by atoms with Gasteiger partial charge in [0.25, 0.3) is 11.5 Å². The normalized spacial score (nSPS) is 10.7. The summed E-state index contributed by atoms with van der Waals surface area (Å²) in [6, 6.07) is 8.61. The molecule has 7 heteroatoms. The van der Waals surface area contributed by atoms with Gasteiger partial charge in [-0.2, -0.15) is 0 Å². The van der Waals surface area contributed by atoms with E-state index in [-0.39, 0.29) is 11.5 Å². The first-order valence-electron chi connectivity index (χ1n) is 7.36. The van der Waals surface area contributed by atoms with Crippen molar-refractivity contribution in [2.45, 2.75) is 25.4 Å². The fourth-order valence-electron chi connectivity index (χ4n) is 1.82. The van der Waals surface area contributed by atoms with E-state index >= 15 is 0 Å². The molecule has 0 unspecified atom stereocenters. The molecule has 0 spiro atoms. The fraction of sp³-hybridized carbons (Fsp3) is 0.312. The number of nitrogens with two attached hydrogens (primary N) is 1. The first-order chi connectivity index (χ1) is 11.0. The predicted octanol–water partition coefficient (Wildman–Crippen LogP) is 2.74. The van der Waals surface area contributed by atoms with Crippen LogP contribution in [-0.4, -0.2) is 21.6 Å². The van der Waals surface area contributed by atoms with Gasteiger partial charge < -0.3 is 11.1 Å². The number of thioether (sulfide) groups is 1. The van der Waals surface area contributed by atoms with Crippen LogP contribution in [0.25, 0.3) is 0 Å². The summed E-state index contributed by atoms with van der Waals surface area (Å²) in [5.41, 5.74) is 5.80. The van der Waals surface area contributed by atoms with E-state index in [4.69, 9.17) is 5.73 Å². The van der Waals surface area contributed by atoms with Gasteiger partial charge in [-0.1, -0.05) is 43.8 Å². The molecule has 1 heterocycles. The van der Waals surface area contributed by atoms with Crippen LogP contribution in [0.5, 0.6) is 0 Å². The quantitative estimate of drug-likeness (QED) is 0.558. The Labute approximate surface area is 138 Å². The summed E-state index contributed by atoms with van der Waals surface area (Å²) in [5.74, 6) is 1.04. The Morgan fingerprint density at radius 3 is 2.65 bits per heavy atom. The maximum Gasteiger partial charge on any atom is 0.277 e. The predicted molar refractivity (Wildman–Crippen MR) is 93.8 cm³/mol. The fourth-order valence-corrected chi connectivity index (χ4v) is 2.94. The molecule has 0 saturated carbocycles. The van der Waals surface area contributed by atoms with Crippen molar-refractivity contribution in [3.63, 3.8) is 0 Å². The van der Waals surface area contributed by atoms with Gasteiger partial charge in [0, 0.05) is 11.3 Å². The number of benzene rings is 1. The van der Waals surface area contributed by atoms with E-state index in [1.165, 1.54) is 11.8 Å². The maximum atomic E-state index is 12.1. The van der Waals surface area contributed by atoms with Gasteiger partial charge in [0.2, 0.25) is 0 Å². The third kappa shape index (κ3) is 4.85. The highest BCUT2D eigenvalue weighted by Crippen LogP contribution is 2.19. The summed E-state index contributed by atoms with van der Waals surface area (Å²) >= 11 is 1.44. The van der Waals surface area contributed by atoms with Gasteiger partial charge in [-0.05, 0) is 24.5 Å². The molecule has 1 aromatic heterocycles. The maximum absolute atomic E-state index is 12.1. The van der Waals surface area contributed by atoms with Crippen LogP contribution in [0.2, 0.25) is 0 Å². The lowest BCUT2D eigenvalue weighted by atomic mass is 10.2. The summed E-state index contributed by atoms with van der Waals surface area (Å²) in [6.45, 7) is 4.26. The van der Waals surface area contributed by atoms with Gasteiger partial charge in [-0.3, -0.25) is 14.6 Å². The Morgan fingerprint density at radius 2 is 2.04 bits per heavy atom. The minimum Gasteiger partial charge on any atom is -0.382 e. The molecule has 2 rings (SSSR count). The van der Waals surface area contributed by atoms with Crippen LogP contribution in [0.15, 0.2) is 40.3 Å². The molecule has 0 saturated heterocycles. The molecule has 122 valence electrons. The van der Waals surface area contributed by atoms with E-state index in [9.17, 15) is 9.59 Å². The third-order valence-corrected chi connectivity index (χ3v) is 4.04. The zero-order valence-corrected chi connectivity index (χ0v) is 13.9. The zero-order valence-electron chi connectivity index (χ0n) is 13.1. The lowest BCUT2D eigenvalue weighted by Gasteiger charge is -2.09. The van der Waals surface area contributed by atoms with Gasteiger partial charge in [0.1, 0.15) is 5.69 Å². The van der Waals surface area contributed by atoms with Gasteiger partial charge in [0.15, 0.2) is 11.0 Å². The van der Waals surface area contributed by atoms with Crippen molar-refractivity contribution >= 4 is 29.2 Å². The number of aromatic nitrogens is 2. The highest BCUT2D eigenvalue weighted by molar-refractivity contribution is 7.99. The lowest BCUT2D eigenvalue weighted by Crippen LogP contribution is -2.23. The van der Waals surface area contributed by atoms with Crippen molar-refractivity contribution in [2.75, 3.05) is 16.8 Å². The van der Waals surface area contributed by atoms with E-state index < -0.39 is 11.5 Å². The van der Waals surface area contributed by atoms with Crippen molar-refractivity contribution in [3.05, 3.63) is 46.2 Å². The molecule has 0 radical (unpaired) electrons. The summed E-state index contributed by atoms with van der Waals surface area (Å²) in [4.78, 5) is 31.0. The summed E-state index contributed by atoms with van der Waals surface area (Å²) in [7, 11) is 0. The minimum absolute atomic E-state index is 0.0186.